The van der Waals surface area contributed by atoms with Crippen LogP contribution in [0.15, 0.2) is 48.7 Å². The maximum absolute atomic E-state index is 14.6. The van der Waals surface area contributed by atoms with Gasteiger partial charge in [-0.1, -0.05) is 24.3 Å². The normalized spacial score (nSPS) is 15.3. The average Bonchev–Trinajstić information content (AvgIpc) is 3.12. The highest BCUT2D eigenvalue weighted by atomic mass is 19.1. The number of carboxylic acids is 1. The van der Waals surface area contributed by atoms with Gasteiger partial charge in [-0.05, 0) is 18.2 Å². The monoisotopic (exact) mass is 410 g/mol. The van der Waals surface area contributed by atoms with Crippen molar-refractivity contribution in [1.82, 2.24) is 4.57 Å². The van der Waals surface area contributed by atoms with Crippen molar-refractivity contribution in [3.05, 3.63) is 71.3 Å². The molecule has 1 amide bonds. The van der Waals surface area contributed by atoms with Crippen LogP contribution in [0, 0.1) is 5.82 Å². The van der Waals surface area contributed by atoms with Gasteiger partial charge in [-0.15, -0.1) is 0 Å². The molecule has 2 aromatic carbocycles. The Hall–Kier alpha value is -3.81. The minimum Gasteiger partial charge on any atom is -0.493 e. The van der Waals surface area contributed by atoms with Crippen LogP contribution in [-0.2, 0) is 4.79 Å². The van der Waals surface area contributed by atoms with Gasteiger partial charge in [-0.3, -0.25) is 4.79 Å². The molecule has 4 rings (SSSR count). The molecule has 7 nitrogen and oxygen atoms in total. The predicted octanol–water partition coefficient (Wildman–Crippen LogP) is 3.81. The lowest BCUT2D eigenvalue weighted by molar-refractivity contribution is -0.116. The van der Waals surface area contributed by atoms with E-state index in [1.54, 1.807) is 36.4 Å². The molecule has 2 heterocycles. The Bertz CT molecular complexity index is 1150. The van der Waals surface area contributed by atoms with Crippen LogP contribution in [0.5, 0.6) is 11.5 Å². The molecule has 0 fully saturated rings. The fraction of sp³-hybridized carbons (Fsp3) is 0.182. The molecule has 0 saturated heterocycles. The van der Waals surface area contributed by atoms with Crippen molar-refractivity contribution in [2.75, 3.05) is 19.5 Å². The van der Waals surface area contributed by atoms with Crippen molar-refractivity contribution in [3.63, 3.8) is 0 Å². The molecular formula is C22H19FN2O5. The maximum atomic E-state index is 14.6. The van der Waals surface area contributed by atoms with Crippen molar-refractivity contribution >= 4 is 17.6 Å². The molecule has 0 bridgehead atoms. The first-order valence-corrected chi connectivity index (χ1v) is 9.20. The quantitative estimate of drug-likeness (QED) is 0.668. The number of halogens is 1. The molecule has 1 aliphatic rings. The third-order valence-electron chi connectivity index (χ3n) is 5.18. The van der Waals surface area contributed by atoms with Crippen molar-refractivity contribution in [2.24, 2.45) is 0 Å². The summed E-state index contributed by atoms with van der Waals surface area (Å²) in [4.78, 5) is 24.4. The zero-order valence-corrected chi connectivity index (χ0v) is 16.3. The van der Waals surface area contributed by atoms with Gasteiger partial charge in [0, 0.05) is 24.1 Å². The third kappa shape index (κ3) is 3.06. The van der Waals surface area contributed by atoms with Crippen LogP contribution in [0.4, 0.5) is 10.1 Å². The Kier molecular flexibility index (Phi) is 4.91. The number of nitrogens with zero attached hydrogens (tertiary/aromatic N) is 1. The number of carboxylic acid groups (broad SMARTS) is 1. The smallest absolute Gasteiger partial charge is 0.339 e. The van der Waals surface area contributed by atoms with Crippen molar-refractivity contribution in [3.8, 4) is 17.2 Å². The topological polar surface area (TPSA) is 89.8 Å². The predicted molar refractivity (Wildman–Crippen MR) is 107 cm³/mol. The summed E-state index contributed by atoms with van der Waals surface area (Å²) >= 11 is 0. The van der Waals surface area contributed by atoms with Gasteiger partial charge < -0.3 is 24.5 Å². The van der Waals surface area contributed by atoms with Gasteiger partial charge in [0.15, 0.2) is 11.5 Å². The second-order valence-electron chi connectivity index (χ2n) is 6.82. The zero-order valence-electron chi connectivity index (χ0n) is 16.3. The first kappa shape index (κ1) is 19.5. The van der Waals surface area contributed by atoms with Gasteiger partial charge in [0.05, 0.1) is 31.3 Å². The van der Waals surface area contributed by atoms with E-state index < -0.39 is 17.7 Å². The largest absolute Gasteiger partial charge is 0.493 e. The van der Waals surface area contributed by atoms with E-state index >= 15 is 0 Å². The zero-order chi connectivity index (χ0) is 21.4. The number of carbonyl (C=O) groups is 2. The number of aromatic carboxylic acids is 1. The summed E-state index contributed by atoms with van der Waals surface area (Å²) in [6.07, 6.45) is 1.37. The van der Waals surface area contributed by atoms with E-state index in [9.17, 15) is 19.1 Å². The Labute approximate surface area is 171 Å². The summed E-state index contributed by atoms with van der Waals surface area (Å²) in [6.45, 7) is 0. The second kappa shape index (κ2) is 7.55. The van der Waals surface area contributed by atoms with Crippen molar-refractivity contribution in [2.45, 2.75) is 12.3 Å². The molecule has 0 spiro atoms. The summed E-state index contributed by atoms with van der Waals surface area (Å²) in [5.41, 5.74) is 1.32. The molecule has 154 valence electrons. The minimum atomic E-state index is -1.22. The number of anilines is 1. The molecular weight excluding hydrogens is 391 g/mol. The average molecular weight is 410 g/mol. The number of benzene rings is 2. The van der Waals surface area contributed by atoms with E-state index in [1.165, 1.54) is 31.0 Å². The summed E-state index contributed by atoms with van der Waals surface area (Å²) in [5, 5.41) is 12.3. The Morgan fingerprint density at radius 2 is 1.93 bits per heavy atom. The molecule has 2 N–H and O–H groups in total. The van der Waals surface area contributed by atoms with Crippen LogP contribution in [0.3, 0.4) is 0 Å². The first-order valence-electron chi connectivity index (χ1n) is 9.20. The molecule has 0 saturated carbocycles. The van der Waals surface area contributed by atoms with Crippen LogP contribution in [-0.4, -0.2) is 35.8 Å². The summed E-state index contributed by atoms with van der Waals surface area (Å²) in [6, 6.07) is 11.3. The number of aromatic nitrogens is 1. The second-order valence-corrected chi connectivity index (χ2v) is 6.82. The molecule has 3 aromatic rings. The Morgan fingerprint density at radius 1 is 1.17 bits per heavy atom. The fourth-order valence-electron chi connectivity index (χ4n) is 3.92. The number of hydrogen-bond acceptors (Lipinski definition) is 4. The van der Waals surface area contributed by atoms with Gasteiger partial charge >= 0.3 is 5.97 Å². The first-order chi connectivity index (χ1) is 14.5. The van der Waals surface area contributed by atoms with Crippen molar-refractivity contribution < 1.29 is 28.6 Å². The number of methoxy groups -OCH3 is 2. The summed E-state index contributed by atoms with van der Waals surface area (Å²) < 4.78 is 27.0. The van der Waals surface area contributed by atoms with Gasteiger partial charge in [0.1, 0.15) is 11.4 Å². The van der Waals surface area contributed by atoms with Gasteiger partial charge in [-0.25, -0.2) is 9.18 Å². The van der Waals surface area contributed by atoms with Crippen LogP contribution >= 0.6 is 0 Å². The highest BCUT2D eigenvalue weighted by Gasteiger charge is 2.36. The Balaban J connectivity index is 2.03. The van der Waals surface area contributed by atoms with Gasteiger partial charge in [0.25, 0.3) is 0 Å². The molecule has 30 heavy (non-hydrogen) atoms. The summed E-state index contributed by atoms with van der Waals surface area (Å²) in [5.74, 6) is -1.74. The number of carbonyl (C=O) groups excluding carboxylic acids is 1. The lowest BCUT2D eigenvalue weighted by atomic mass is 9.87. The highest BCUT2D eigenvalue weighted by Crippen LogP contribution is 2.46. The minimum absolute atomic E-state index is 0.0358. The Morgan fingerprint density at radius 3 is 2.60 bits per heavy atom. The van der Waals surface area contributed by atoms with Crippen molar-refractivity contribution in [1.29, 1.82) is 0 Å². The van der Waals surface area contributed by atoms with E-state index in [0.717, 1.165) is 0 Å². The van der Waals surface area contributed by atoms with E-state index in [2.05, 4.69) is 5.32 Å². The van der Waals surface area contributed by atoms with E-state index in [0.29, 0.717) is 22.8 Å². The summed E-state index contributed by atoms with van der Waals surface area (Å²) in [7, 11) is 3.00. The number of nitrogens with one attached hydrogen (secondary N) is 1. The standard InChI is InChI=1S/C22H19FN2O5/c1-29-17-9-5-6-12(21(17)30-2)13-10-18(26)24-19-14(22(27)28)11-25(20(13)19)16-8-4-3-7-15(16)23/h3-9,11,13H,10H2,1-2H3,(H,24,26)(H,27,28)/t13-/m1/s1. The molecule has 0 radical (unpaired) electrons. The number of fused-ring (bicyclic) bond motifs is 1. The molecule has 0 aliphatic carbocycles. The van der Waals surface area contributed by atoms with Crippen LogP contribution in [0.25, 0.3) is 5.69 Å². The van der Waals surface area contributed by atoms with Gasteiger partial charge in [0.2, 0.25) is 5.91 Å². The van der Waals surface area contributed by atoms with Crippen LogP contribution < -0.4 is 14.8 Å². The van der Waals surface area contributed by atoms with E-state index in [4.69, 9.17) is 9.47 Å². The molecule has 1 atom stereocenters. The van der Waals surface area contributed by atoms with E-state index in [-0.39, 0.29) is 29.3 Å². The van der Waals surface area contributed by atoms with Crippen LogP contribution in [0.2, 0.25) is 0 Å². The van der Waals surface area contributed by atoms with Crippen LogP contribution in [0.1, 0.15) is 34.0 Å². The number of rotatable bonds is 5. The number of amides is 1. The van der Waals surface area contributed by atoms with Gasteiger partial charge in [-0.2, -0.15) is 0 Å². The number of hydrogen-bond donors (Lipinski definition) is 2. The third-order valence-corrected chi connectivity index (χ3v) is 5.18. The highest BCUT2D eigenvalue weighted by molar-refractivity contribution is 6.04. The lowest BCUT2D eigenvalue weighted by Crippen LogP contribution is -2.26. The van der Waals surface area contributed by atoms with E-state index in [1.807, 2.05) is 0 Å². The maximum Gasteiger partial charge on any atom is 0.339 e. The number of ether oxygens (including phenoxy) is 2. The molecule has 8 heteroatoms. The fourth-order valence-corrected chi connectivity index (χ4v) is 3.92. The molecule has 0 unspecified atom stereocenters. The number of para-hydroxylation sites is 2. The lowest BCUT2D eigenvalue weighted by Gasteiger charge is -2.27. The SMILES string of the molecule is COc1cccc([C@H]2CC(=O)Nc3c(C(=O)O)cn(-c4ccccc4F)c32)c1OC. The molecule has 1 aliphatic heterocycles. The molecule has 1 aromatic heterocycles.